The van der Waals surface area contributed by atoms with E-state index in [2.05, 4.69) is 4.74 Å². The lowest BCUT2D eigenvalue weighted by Crippen LogP contribution is -2.22. The molecule has 0 saturated heterocycles. The fourth-order valence-electron chi connectivity index (χ4n) is 4.31. The van der Waals surface area contributed by atoms with Crippen LogP contribution in [0, 0.1) is 29.1 Å². The van der Waals surface area contributed by atoms with Gasteiger partial charge in [0.05, 0.1) is 5.02 Å². The summed E-state index contributed by atoms with van der Waals surface area (Å²) in [5, 5.41) is -0.175. The van der Waals surface area contributed by atoms with E-state index in [1.807, 2.05) is 19.1 Å². The topological polar surface area (TPSA) is 9.23 Å². The van der Waals surface area contributed by atoms with E-state index < -0.39 is 58.2 Å². The van der Waals surface area contributed by atoms with E-state index in [0.717, 1.165) is 24.5 Å². The molecule has 0 radical (unpaired) electrons. The minimum atomic E-state index is -5.44. The zero-order valence-electron chi connectivity index (χ0n) is 21.9. The second-order valence-electron chi connectivity index (χ2n) is 9.37. The summed E-state index contributed by atoms with van der Waals surface area (Å²) in [6.07, 6.45) is -8.05. The van der Waals surface area contributed by atoms with Gasteiger partial charge < -0.3 is 4.74 Å². The van der Waals surface area contributed by atoms with Crippen molar-refractivity contribution in [3.63, 3.8) is 0 Å². The van der Waals surface area contributed by atoms with Crippen molar-refractivity contribution in [3.8, 4) is 28.0 Å². The SMILES string of the molecule is CCCc1ccc(-c2cc(F)c(-c3cc(F)c(C=CC(F)(F)Oc4cc(F)c(C(F)(F)F)c(F)c4)c(F)c3)c(Cl)c2)cc1. The molecular formula is C31H19ClF10O. The van der Waals surface area contributed by atoms with Crippen LogP contribution < -0.4 is 4.74 Å². The lowest BCUT2D eigenvalue weighted by molar-refractivity contribution is -0.143. The fourth-order valence-corrected chi connectivity index (χ4v) is 4.62. The molecule has 0 aliphatic carbocycles. The molecule has 12 heteroatoms. The maximum atomic E-state index is 15.1. The molecule has 0 amide bonds. The molecule has 0 aromatic heterocycles. The van der Waals surface area contributed by atoms with Crippen LogP contribution in [0.1, 0.15) is 30.0 Å². The van der Waals surface area contributed by atoms with Gasteiger partial charge in [0.25, 0.3) is 0 Å². The first kappa shape index (κ1) is 31.9. The van der Waals surface area contributed by atoms with Crippen molar-refractivity contribution in [2.24, 2.45) is 0 Å². The third kappa shape index (κ3) is 7.33. The lowest BCUT2D eigenvalue weighted by atomic mass is 9.97. The van der Waals surface area contributed by atoms with E-state index >= 15 is 4.39 Å². The summed E-state index contributed by atoms with van der Waals surface area (Å²) in [5.41, 5.74) is -1.87. The van der Waals surface area contributed by atoms with Crippen LogP contribution in [0.3, 0.4) is 0 Å². The molecule has 0 bridgehead atoms. The van der Waals surface area contributed by atoms with Crippen molar-refractivity contribution >= 4 is 17.7 Å². The Morgan fingerprint density at radius 1 is 0.698 bits per heavy atom. The van der Waals surface area contributed by atoms with Crippen LogP contribution in [-0.2, 0) is 12.6 Å². The lowest BCUT2D eigenvalue weighted by Gasteiger charge is -2.16. The highest BCUT2D eigenvalue weighted by Crippen LogP contribution is 2.38. The number of hydrogen-bond donors (Lipinski definition) is 0. The van der Waals surface area contributed by atoms with Gasteiger partial charge in [0, 0.05) is 29.3 Å². The van der Waals surface area contributed by atoms with Gasteiger partial charge in [-0.15, -0.1) is 0 Å². The number of benzene rings is 4. The molecule has 0 fully saturated rings. The van der Waals surface area contributed by atoms with Gasteiger partial charge >= 0.3 is 12.3 Å². The summed E-state index contributed by atoms with van der Waals surface area (Å²) in [6.45, 7) is 2.03. The molecular weight excluding hydrogens is 614 g/mol. The summed E-state index contributed by atoms with van der Waals surface area (Å²) in [4.78, 5) is 0. The quantitative estimate of drug-likeness (QED) is 0.176. The van der Waals surface area contributed by atoms with Crippen molar-refractivity contribution in [1.82, 2.24) is 0 Å². The van der Waals surface area contributed by atoms with E-state index in [4.69, 9.17) is 11.6 Å². The van der Waals surface area contributed by atoms with Gasteiger partial charge in [-0.25, -0.2) is 22.0 Å². The van der Waals surface area contributed by atoms with Gasteiger partial charge in [0.15, 0.2) is 0 Å². The highest BCUT2D eigenvalue weighted by atomic mass is 35.5. The van der Waals surface area contributed by atoms with Crippen LogP contribution in [0.4, 0.5) is 43.9 Å². The minimum absolute atomic E-state index is 0.116. The first-order valence-electron chi connectivity index (χ1n) is 12.5. The number of aryl methyl sites for hydroxylation is 1. The molecule has 0 unspecified atom stereocenters. The Bertz CT molecular complexity index is 1610. The number of ether oxygens (including phenoxy) is 1. The summed E-state index contributed by atoms with van der Waals surface area (Å²) in [7, 11) is 0. The predicted octanol–water partition coefficient (Wildman–Crippen LogP) is 11.0. The highest BCUT2D eigenvalue weighted by Gasteiger charge is 2.39. The van der Waals surface area contributed by atoms with Crippen LogP contribution in [0.5, 0.6) is 5.75 Å². The van der Waals surface area contributed by atoms with Gasteiger partial charge in [-0.3, -0.25) is 0 Å². The maximum absolute atomic E-state index is 15.1. The van der Waals surface area contributed by atoms with Gasteiger partial charge in [0.1, 0.15) is 40.4 Å². The Labute approximate surface area is 244 Å². The Hall–Kier alpha value is -3.99. The molecule has 0 saturated carbocycles. The van der Waals surface area contributed by atoms with E-state index in [1.54, 1.807) is 12.1 Å². The van der Waals surface area contributed by atoms with Crippen molar-refractivity contribution < 1.29 is 48.6 Å². The summed E-state index contributed by atoms with van der Waals surface area (Å²) in [6, 6.07) is 10.9. The van der Waals surface area contributed by atoms with Crippen molar-refractivity contribution in [2.45, 2.75) is 32.1 Å². The maximum Gasteiger partial charge on any atom is 0.422 e. The zero-order valence-corrected chi connectivity index (χ0v) is 22.7. The van der Waals surface area contributed by atoms with Crippen molar-refractivity contribution in [3.05, 3.63) is 118 Å². The number of halogens is 11. The van der Waals surface area contributed by atoms with E-state index in [-0.39, 0.29) is 40.4 Å². The summed E-state index contributed by atoms with van der Waals surface area (Å²) in [5.74, 6) is -9.45. The fraction of sp³-hybridized carbons (Fsp3) is 0.161. The average Bonchev–Trinajstić information content (AvgIpc) is 2.87. The normalized spacial score (nSPS) is 12.3. The van der Waals surface area contributed by atoms with E-state index in [1.165, 1.54) is 6.07 Å². The second kappa shape index (κ2) is 12.3. The Morgan fingerprint density at radius 3 is 1.77 bits per heavy atom. The number of alkyl halides is 5. The molecule has 4 rings (SSSR count). The van der Waals surface area contributed by atoms with Crippen LogP contribution >= 0.6 is 11.6 Å². The van der Waals surface area contributed by atoms with Crippen LogP contribution in [0.2, 0.25) is 5.02 Å². The predicted molar refractivity (Wildman–Crippen MR) is 142 cm³/mol. The van der Waals surface area contributed by atoms with Crippen molar-refractivity contribution in [2.75, 3.05) is 0 Å². The Morgan fingerprint density at radius 2 is 1.26 bits per heavy atom. The van der Waals surface area contributed by atoms with Crippen molar-refractivity contribution in [1.29, 1.82) is 0 Å². The third-order valence-electron chi connectivity index (χ3n) is 6.23. The molecule has 43 heavy (non-hydrogen) atoms. The minimum Gasteiger partial charge on any atom is -0.429 e. The standard InChI is InChI=1S/C31H19ClF10O/c1-2-3-16-4-6-17(7-5-16)18-10-22(32)28(25(35)11-18)19-12-23(33)21(24(34)13-19)8-9-30(38,39)43-20-14-26(36)29(27(37)15-20)31(40,41)42/h4-15H,2-3H2,1H3. The molecule has 0 N–H and O–H groups in total. The monoisotopic (exact) mass is 632 g/mol. The molecule has 1 nitrogen and oxygen atoms in total. The Kier molecular flexibility index (Phi) is 9.15. The van der Waals surface area contributed by atoms with Crippen LogP contribution in [-0.4, -0.2) is 6.11 Å². The first-order chi connectivity index (χ1) is 20.1. The summed E-state index contributed by atoms with van der Waals surface area (Å²) < 4.78 is 143. The molecule has 226 valence electrons. The van der Waals surface area contributed by atoms with E-state index in [0.29, 0.717) is 23.3 Å². The molecule has 0 spiro atoms. The Balaban J connectivity index is 1.58. The largest absolute Gasteiger partial charge is 0.429 e. The number of hydrogen-bond acceptors (Lipinski definition) is 1. The smallest absolute Gasteiger partial charge is 0.422 e. The zero-order chi connectivity index (χ0) is 31.7. The third-order valence-corrected chi connectivity index (χ3v) is 6.53. The van der Waals surface area contributed by atoms with Gasteiger partial charge in [-0.05, 0) is 59.0 Å². The molecule has 0 aliphatic heterocycles. The van der Waals surface area contributed by atoms with Crippen LogP contribution in [0.15, 0.2) is 66.7 Å². The first-order valence-corrected chi connectivity index (χ1v) is 12.9. The average molecular weight is 633 g/mol. The molecule has 4 aromatic rings. The van der Waals surface area contributed by atoms with Gasteiger partial charge in [-0.2, -0.15) is 22.0 Å². The highest BCUT2D eigenvalue weighted by molar-refractivity contribution is 6.33. The molecule has 0 aliphatic rings. The van der Waals surface area contributed by atoms with Crippen LogP contribution in [0.25, 0.3) is 28.3 Å². The molecule has 0 atom stereocenters. The molecule has 0 heterocycles. The van der Waals surface area contributed by atoms with Gasteiger partial charge in [-0.1, -0.05) is 49.2 Å². The van der Waals surface area contributed by atoms with E-state index in [9.17, 15) is 39.5 Å². The summed E-state index contributed by atoms with van der Waals surface area (Å²) >= 11 is 6.27. The molecule has 4 aromatic carbocycles. The van der Waals surface area contributed by atoms with Gasteiger partial charge in [0.2, 0.25) is 0 Å². The second-order valence-corrected chi connectivity index (χ2v) is 9.78. The number of rotatable bonds is 8.